The van der Waals surface area contributed by atoms with Crippen molar-refractivity contribution in [3.63, 3.8) is 0 Å². The average Bonchev–Trinajstić information content (AvgIpc) is 3.19. The minimum absolute atomic E-state index is 0.0552. The van der Waals surface area contributed by atoms with Crippen molar-refractivity contribution >= 4 is 13.7 Å². The van der Waals surface area contributed by atoms with Crippen molar-refractivity contribution in [3.05, 3.63) is 85.1 Å². The van der Waals surface area contributed by atoms with Gasteiger partial charge < -0.3 is 19.8 Å². The van der Waals surface area contributed by atoms with Crippen LogP contribution in [-0.2, 0) is 18.4 Å². The molecular weight excluding hydrogens is 756 g/mol. The summed E-state index contributed by atoms with van der Waals surface area (Å²) in [5.74, 6) is -0.192. The molecule has 0 aliphatic carbocycles. The van der Waals surface area contributed by atoms with Crippen LogP contribution in [0.1, 0.15) is 174 Å². The molecule has 8 nitrogen and oxygen atoms in total. The number of carbonyl (C=O) groups excluding carboxylic acids is 1. The van der Waals surface area contributed by atoms with Crippen LogP contribution in [0.4, 0.5) is 0 Å². The van der Waals surface area contributed by atoms with E-state index in [1.54, 1.807) is 6.08 Å². The standard InChI is InChI=1S/C50H89N2O6P/c1-6-8-10-12-14-16-18-19-20-21-22-23-24-25-26-27-28-29-30-31-32-33-34-36-38-40-42-44-50(54)51-48(47-58-59(55,56)57-46-45-52(3,4)5)49(53)43-41-39-37-35-17-15-13-11-9-7-2/h8,10,14,16,19-20,22-23,25-26,28-29,41,43,48-49,53H,6-7,9,11-13,15,17-18,21,24,27,30-40,42,44-47H2,1-5H3,(H-,51,54,55,56)/p+1/b10-8-,16-14-,20-19-,23-22-,26-25-,29-28-,43-41+. The lowest BCUT2D eigenvalue weighted by molar-refractivity contribution is -0.870. The number of unbranched alkanes of at least 4 members (excludes halogenated alkanes) is 16. The number of aliphatic hydroxyl groups is 1. The number of nitrogens with zero attached hydrogens (tertiary/aromatic N) is 1. The van der Waals surface area contributed by atoms with Crippen LogP contribution in [-0.4, -0.2) is 73.4 Å². The molecule has 0 saturated heterocycles. The highest BCUT2D eigenvalue weighted by Gasteiger charge is 2.27. The second-order valence-corrected chi connectivity index (χ2v) is 18.2. The van der Waals surface area contributed by atoms with Crippen molar-refractivity contribution in [2.75, 3.05) is 40.9 Å². The summed E-state index contributed by atoms with van der Waals surface area (Å²) in [6.07, 6.45) is 56.6. The maximum absolute atomic E-state index is 12.9. The van der Waals surface area contributed by atoms with E-state index < -0.39 is 20.0 Å². The maximum Gasteiger partial charge on any atom is 0.472 e. The van der Waals surface area contributed by atoms with E-state index in [2.05, 4.69) is 92.1 Å². The van der Waals surface area contributed by atoms with Gasteiger partial charge in [0.1, 0.15) is 13.2 Å². The van der Waals surface area contributed by atoms with Crippen molar-refractivity contribution in [1.29, 1.82) is 0 Å². The van der Waals surface area contributed by atoms with Gasteiger partial charge in [0.15, 0.2) is 0 Å². The molecular formula is C50H90N2O6P+. The van der Waals surface area contributed by atoms with Gasteiger partial charge >= 0.3 is 7.82 Å². The molecule has 3 atom stereocenters. The monoisotopic (exact) mass is 846 g/mol. The van der Waals surface area contributed by atoms with Gasteiger partial charge in [0.2, 0.25) is 5.91 Å². The number of aliphatic hydroxyl groups excluding tert-OH is 1. The summed E-state index contributed by atoms with van der Waals surface area (Å²) in [5, 5.41) is 13.8. The highest BCUT2D eigenvalue weighted by molar-refractivity contribution is 7.47. The molecule has 0 aliphatic rings. The third-order valence-corrected chi connectivity index (χ3v) is 10.9. The van der Waals surface area contributed by atoms with Crippen LogP contribution < -0.4 is 5.32 Å². The molecule has 1 amide bonds. The second kappa shape index (κ2) is 41.1. The van der Waals surface area contributed by atoms with E-state index in [-0.39, 0.29) is 19.1 Å². The first-order chi connectivity index (χ1) is 28.5. The minimum Gasteiger partial charge on any atom is -0.387 e. The van der Waals surface area contributed by atoms with E-state index in [4.69, 9.17) is 9.05 Å². The molecule has 0 rings (SSSR count). The summed E-state index contributed by atoms with van der Waals surface area (Å²) in [4.78, 5) is 23.1. The molecule has 0 bridgehead atoms. The number of nitrogens with one attached hydrogen (secondary N) is 1. The van der Waals surface area contributed by atoms with Crippen LogP contribution in [0.5, 0.6) is 0 Å². The number of rotatable bonds is 41. The number of quaternary nitrogens is 1. The number of carbonyl (C=O) groups is 1. The van der Waals surface area contributed by atoms with Crippen LogP contribution in [0, 0.1) is 0 Å². The van der Waals surface area contributed by atoms with Crippen molar-refractivity contribution in [1.82, 2.24) is 5.32 Å². The molecule has 3 N–H and O–H groups in total. The van der Waals surface area contributed by atoms with Crippen molar-refractivity contribution in [2.24, 2.45) is 0 Å². The Labute approximate surface area is 363 Å². The zero-order valence-electron chi connectivity index (χ0n) is 38.5. The van der Waals surface area contributed by atoms with Gasteiger partial charge in [-0.2, -0.15) is 0 Å². The average molecular weight is 846 g/mol. The lowest BCUT2D eigenvalue weighted by atomic mass is 10.1. The highest BCUT2D eigenvalue weighted by Crippen LogP contribution is 2.43. The topological polar surface area (TPSA) is 105 Å². The van der Waals surface area contributed by atoms with Crippen molar-refractivity contribution in [3.8, 4) is 0 Å². The second-order valence-electron chi connectivity index (χ2n) is 16.8. The third-order valence-electron chi connectivity index (χ3n) is 9.87. The molecule has 0 fully saturated rings. The number of hydrogen-bond acceptors (Lipinski definition) is 5. The molecule has 0 aromatic rings. The highest BCUT2D eigenvalue weighted by atomic mass is 31.2. The molecule has 0 aliphatic heterocycles. The van der Waals surface area contributed by atoms with E-state index in [1.807, 2.05) is 27.2 Å². The molecule has 59 heavy (non-hydrogen) atoms. The van der Waals surface area contributed by atoms with E-state index in [0.717, 1.165) is 83.5 Å². The summed E-state index contributed by atoms with van der Waals surface area (Å²) < 4.78 is 23.5. The Bertz CT molecular complexity index is 1230. The molecule has 0 aromatic carbocycles. The number of amides is 1. The summed E-state index contributed by atoms with van der Waals surface area (Å²) >= 11 is 0. The van der Waals surface area contributed by atoms with E-state index in [0.29, 0.717) is 17.4 Å². The summed E-state index contributed by atoms with van der Waals surface area (Å²) in [7, 11) is 1.55. The molecule has 340 valence electrons. The fourth-order valence-electron chi connectivity index (χ4n) is 6.16. The van der Waals surface area contributed by atoms with Crippen LogP contribution >= 0.6 is 7.82 Å². The van der Waals surface area contributed by atoms with Gasteiger partial charge in [-0.25, -0.2) is 4.57 Å². The fourth-order valence-corrected chi connectivity index (χ4v) is 6.90. The summed E-state index contributed by atoms with van der Waals surface area (Å²) in [6.45, 7) is 4.65. The number of allylic oxidation sites excluding steroid dienone is 13. The predicted octanol–water partition coefficient (Wildman–Crippen LogP) is 13.4. The quantitative estimate of drug-likeness (QED) is 0.0245. The Morgan fingerprint density at radius 1 is 0.593 bits per heavy atom. The molecule has 9 heteroatoms. The fraction of sp³-hybridized carbons (Fsp3) is 0.700. The number of likely N-dealkylation sites (N-methyl/N-ethyl adjacent to an activating group) is 1. The first-order valence-electron chi connectivity index (χ1n) is 23.5. The Morgan fingerprint density at radius 2 is 1.02 bits per heavy atom. The predicted molar refractivity (Wildman–Crippen MR) is 253 cm³/mol. The number of hydrogen-bond donors (Lipinski definition) is 3. The lowest BCUT2D eigenvalue weighted by Gasteiger charge is -2.25. The van der Waals surface area contributed by atoms with Gasteiger partial charge in [-0.3, -0.25) is 13.8 Å². The van der Waals surface area contributed by atoms with Crippen LogP contribution in [0.25, 0.3) is 0 Å². The van der Waals surface area contributed by atoms with Crippen LogP contribution in [0.2, 0.25) is 0 Å². The Hall–Kier alpha value is -2.32. The lowest BCUT2D eigenvalue weighted by Crippen LogP contribution is -2.45. The normalized spacial score (nSPS) is 15.0. The number of phosphoric acid groups is 1. The van der Waals surface area contributed by atoms with Gasteiger partial charge in [-0.1, -0.05) is 182 Å². The van der Waals surface area contributed by atoms with Gasteiger partial charge in [-0.05, 0) is 70.6 Å². The van der Waals surface area contributed by atoms with Crippen LogP contribution in [0.15, 0.2) is 85.1 Å². The van der Waals surface area contributed by atoms with Gasteiger partial charge in [0, 0.05) is 6.42 Å². The maximum atomic E-state index is 12.9. The smallest absolute Gasteiger partial charge is 0.387 e. The Morgan fingerprint density at radius 3 is 1.49 bits per heavy atom. The van der Waals surface area contributed by atoms with Gasteiger partial charge in [-0.15, -0.1) is 0 Å². The zero-order chi connectivity index (χ0) is 43.6. The van der Waals surface area contributed by atoms with Gasteiger partial charge in [0.05, 0.1) is 39.9 Å². The van der Waals surface area contributed by atoms with Gasteiger partial charge in [0.25, 0.3) is 0 Å². The first-order valence-corrected chi connectivity index (χ1v) is 25.0. The van der Waals surface area contributed by atoms with E-state index in [9.17, 15) is 19.4 Å². The Kier molecular flexibility index (Phi) is 39.4. The summed E-state index contributed by atoms with van der Waals surface area (Å²) in [5.41, 5.74) is 0. The molecule has 0 aromatic heterocycles. The molecule has 0 radical (unpaired) electrons. The third kappa shape index (κ3) is 43.6. The van der Waals surface area contributed by atoms with Crippen molar-refractivity contribution in [2.45, 2.75) is 187 Å². The first kappa shape index (κ1) is 56.7. The molecule has 0 saturated carbocycles. The minimum atomic E-state index is -4.34. The SMILES string of the molecule is CC/C=C\C/C=C\C/C=C\C/C=C\C/C=C\C/C=C\CCCCCCCCCCC(=O)NC(COP(=O)(O)OCC[N+](C)(C)C)C(O)/C=C/CCCCCCCCCC. The summed E-state index contributed by atoms with van der Waals surface area (Å²) in [6, 6.07) is -0.854. The zero-order valence-corrected chi connectivity index (χ0v) is 39.4. The van der Waals surface area contributed by atoms with Crippen LogP contribution in [0.3, 0.4) is 0 Å². The van der Waals surface area contributed by atoms with Crippen molar-refractivity contribution < 1.29 is 32.9 Å². The molecule has 3 unspecified atom stereocenters. The molecule has 0 spiro atoms. The largest absolute Gasteiger partial charge is 0.472 e. The van der Waals surface area contributed by atoms with E-state index >= 15 is 0 Å². The molecule has 0 heterocycles. The van der Waals surface area contributed by atoms with E-state index in [1.165, 1.54) is 70.6 Å². The Balaban J connectivity index is 4.25. The number of phosphoric ester groups is 1.